The van der Waals surface area contributed by atoms with Crippen molar-refractivity contribution in [3.8, 4) is 5.75 Å². The summed E-state index contributed by atoms with van der Waals surface area (Å²) in [5, 5.41) is 0.0938. The monoisotopic (exact) mass is 452 g/mol. The number of amides is 1. The van der Waals surface area contributed by atoms with Gasteiger partial charge in [0.1, 0.15) is 24.0 Å². The molecule has 0 spiro atoms. The van der Waals surface area contributed by atoms with E-state index in [2.05, 4.69) is 9.62 Å². The number of carbonyl (C=O) groups is 1. The number of hydrogen-bond acceptors (Lipinski definition) is 4. The maximum Gasteiger partial charge on any atom is 0.264 e. The van der Waals surface area contributed by atoms with E-state index < -0.39 is 17.5 Å². The first-order valence-electron chi connectivity index (χ1n) is 9.99. The fourth-order valence-electron chi connectivity index (χ4n) is 3.93. The molecule has 1 amide bonds. The van der Waals surface area contributed by atoms with Gasteiger partial charge in [-0.15, -0.1) is 0 Å². The molecule has 4 nitrogen and oxygen atoms in total. The van der Waals surface area contributed by atoms with E-state index in [4.69, 9.17) is 16.3 Å². The molecular formula is C22H23ClF2N2O2S. The van der Waals surface area contributed by atoms with Gasteiger partial charge in [-0.1, -0.05) is 23.5 Å². The van der Waals surface area contributed by atoms with Gasteiger partial charge in [0.25, 0.3) is 5.91 Å². The predicted molar refractivity (Wildman–Crippen MR) is 117 cm³/mol. The molecule has 1 heterocycles. The van der Waals surface area contributed by atoms with Crippen molar-refractivity contribution in [2.45, 2.75) is 37.6 Å². The van der Waals surface area contributed by atoms with Crippen molar-refractivity contribution in [1.82, 2.24) is 4.72 Å². The van der Waals surface area contributed by atoms with Crippen molar-refractivity contribution in [1.29, 1.82) is 0 Å². The van der Waals surface area contributed by atoms with Crippen molar-refractivity contribution >= 4 is 35.1 Å². The van der Waals surface area contributed by atoms with E-state index >= 15 is 0 Å². The first kappa shape index (κ1) is 21.2. The minimum absolute atomic E-state index is 0.0436. The van der Waals surface area contributed by atoms with Crippen molar-refractivity contribution in [3.05, 3.63) is 58.1 Å². The normalized spacial score (nSPS) is 18.5. The smallest absolute Gasteiger partial charge is 0.264 e. The van der Waals surface area contributed by atoms with Crippen LogP contribution in [0.1, 0.15) is 47.5 Å². The summed E-state index contributed by atoms with van der Waals surface area (Å²) in [6.45, 7) is 1.21. The summed E-state index contributed by atoms with van der Waals surface area (Å²) in [5.41, 5.74) is 1.78. The van der Waals surface area contributed by atoms with Crippen LogP contribution in [0.4, 0.5) is 14.5 Å². The predicted octanol–water partition coefficient (Wildman–Crippen LogP) is 5.55. The van der Waals surface area contributed by atoms with Crippen molar-refractivity contribution in [3.63, 3.8) is 0 Å². The second-order valence-electron chi connectivity index (χ2n) is 7.68. The summed E-state index contributed by atoms with van der Waals surface area (Å²) in [6.07, 6.45) is 5.65. The molecule has 160 valence electrons. The number of benzene rings is 2. The van der Waals surface area contributed by atoms with Crippen LogP contribution in [0, 0.1) is 11.6 Å². The Labute approximate surface area is 184 Å². The van der Waals surface area contributed by atoms with Crippen LogP contribution in [-0.2, 0) is 0 Å². The zero-order valence-electron chi connectivity index (χ0n) is 16.6. The van der Waals surface area contributed by atoms with E-state index in [-0.39, 0.29) is 16.6 Å². The molecule has 1 unspecified atom stereocenters. The second-order valence-corrected chi connectivity index (χ2v) is 8.70. The van der Waals surface area contributed by atoms with Gasteiger partial charge in [-0.2, -0.15) is 0 Å². The molecule has 8 heteroatoms. The molecule has 1 N–H and O–H groups in total. The molecule has 1 saturated heterocycles. The summed E-state index contributed by atoms with van der Waals surface area (Å²) in [4.78, 5) is 14.3. The number of nitrogens with zero attached hydrogens (tertiary/aromatic N) is 1. The first-order valence-corrected chi connectivity index (χ1v) is 11.6. The summed E-state index contributed by atoms with van der Waals surface area (Å²) >= 11 is 7.09. The van der Waals surface area contributed by atoms with Gasteiger partial charge in [0.15, 0.2) is 0 Å². The number of halogens is 3. The third-order valence-corrected chi connectivity index (χ3v) is 6.28. The Kier molecular flexibility index (Phi) is 6.39. The highest BCUT2D eigenvalue weighted by Crippen LogP contribution is 2.45. The third-order valence-electron chi connectivity index (χ3n) is 5.60. The topological polar surface area (TPSA) is 41.6 Å². The van der Waals surface area contributed by atoms with E-state index in [9.17, 15) is 13.6 Å². The van der Waals surface area contributed by atoms with Gasteiger partial charge in [-0.3, -0.25) is 9.52 Å². The highest BCUT2D eigenvalue weighted by molar-refractivity contribution is 7.97. The third kappa shape index (κ3) is 4.52. The maximum atomic E-state index is 14.6. The maximum absolute atomic E-state index is 14.6. The Morgan fingerprint density at radius 3 is 2.73 bits per heavy atom. The Morgan fingerprint density at radius 2 is 2.03 bits per heavy atom. The molecule has 2 aromatic rings. The number of ether oxygens (including phenoxy) is 1. The molecule has 30 heavy (non-hydrogen) atoms. The van der Waals surface area contributed by atoms with E-state index in [1.54, 1.807) is 24.5 Å². The lowest BCUT2D eigenvalue weighted by atomic mass is 10.0. The number of hydrogen-bond donors (Lipinski definition) is 1. The van der Waals surface area contributed by atoms with Crippen molar-refractivity contribution < 1.29 is 18.3 Å². The van der Waals surface area contributed by atoms with Crippen LogP contribution in [-0.4, -0.2) is 31.4 Å². The number of anilines is 1. The molecule has 2 aromatic carbocycles. The number of nitrogens with one attached hydrogen (secondary N) is 1. The molecule has 1 aliphatic carbocycles. The van der Waals surface area contributed by atoms with Crippen LogP contribution in [0.15, 0.2) is 30.3 Å². The van der Waals surface area contributed by atoms with Gasteiger partial charge in [-0.25, -0.2) is 8.78 Å². The lowest BCUT2D eigenvalue weighted by Crippen LogP contribution is -2.34. The van der Waals surface area contributed by atoms with Crippen molar-refractivity contribution in [2.75, 3.05) is 24.3 Å². The molecule has 2 fully saturated rings. The summed E-state index contributed by atoms with van der Waals surface area (Å²) < 4.78 is 36.8. The average molecular weight is 453 g/mol. The Balaban J connectivity index is 1.52. The summed E-state index contributed by atoms with van der Waals surface area (Å²) in [7, 11) is 0. The van der Waals surface area contributed by atoms with Crippen LogP contribution >= 0.6 is 23.5 Å². The highest BCUT2D eigenvalue weighted by Gasteiger charge is 2.31. The fraction of sp³-hybridized carbons (Fsp3) is 0.409. The van der Waals surface area contributed by atoms with Gasteiger partial charge in [-0.05, 0) is 61.4 Å². The van der Waals surface area contributed by atoms with Gasteiger partial charge in [0.2, 0.25) is 0 Å². The minimum Gasteiger partial charge on any atom is -0.491 e. The van der Waals surface area contributed by atoms with Crippen LogP contribution in [0.25, 0.3) is 0 Å². The van der Waals surface area contributed by atoms with Gasteiger partial charge in [0, 0.05) is 24.6 Å². The van der Waals surface area contributed by atoms with Crippen molar-refractivity contribution in [2.24, 2.45) is 0 Å². The van der Waals surface area contributed by atoms with Crippen LogP contribution in [0.2, 0.25) is 5.02 Å². The van der Waals surface area contributed by atoms with Crippen LogP contribution in [0.5, 0.6) is 5.75 Å². The lowest BCUT2D eigenvalue weighted by Gasteiger charge is -2.27. The van der Waals surface area contributed by atoms with E-state index in [1.165, 1.54) is 12.1 Å². The van der Waals surface area contributed by atoms with Gasteiger partial charge >= 0.3 is 0 Å². The summed E-state index contributed by atoms with van der Waals surface area (Å²) in [6, 6.07) is 7.75. The SMILES string of the molecule is CSNC(=O)c1cc(C2CC2)c(OCC2CCCN2c2ccc(F)c(Cl)c2)cc1F. The molecule has 2 aliphatic rings. The molecule has 0 radical (unpaired) electrons. The molecule has 1 saturated carbocycles. The Bertz CT molecular complexity index is 955. The van der Waals surface area contributed by atoms with Crippen LogP contribution in [0.3, 0.4) is 0 Å². The molecule has 0 bridgehead atoms. The molecule has 1 atom stereocenters. The zero-order chi connectivity index (χ0) is 21.3. The Hall–Kier alpha value is -1.99. The fourth-order valence-corrected chi connectivity index (χ4v) is 4.40. The number of carbonyl (C=O) groups excluding carboxylic acids is 1. The molecule has 0 aromatic heterocycles. The second kappa shape index (κ2) is 9.02. The standard InChI is InChI=1S/C22H23ClF2N2O2S/c1-30-26-22(28)17-10-16(13-4-5-13)21(11-20(17)25)29-12-15-3-2-8-27(15)14-6-7-19(24)18(23)9-14/h6-7,9-11,13,15H,2-5,8,12H2,1H3,(H,26,28). The van der Waals surface area contributed by atoms with Gasteiger partial charge in [0.05, 0.1) is 16.6 Å². The van der Waals surface area contributed by atoms with E-state index in [0.717, 1.165) is 55.4 Å². The first-order chi connectivity index (χ1) is 14.5. The lowest BCUT2D eigenvalue weighted by molar-refractivity contribution is 0.0980. The molecular weight excluding hydrogens is 430 g/mol. The largest absolute Gasteiger partial charge is 0.491 e. The average Bonchev–Trinajstić information content (AvgIpc) is 3.46. The molecule has 1 aliphatic heterocycles. The van der Waals surface area contributed by atoms with Crippen LogP contribution < -0.4 is 14.4 Å². The van der Waals surface area contributed by atoms with E-state index in [1.807, 2.05) is 0 Å². The Morgan fingerprint density at radius 1 is 1.23 bits per heavy atom. The molecule has 4 rings (SSSR count). The highest BCUT2D eigenvalue weighted by atomic mass is 35.5. The quantitative estimate of drug-likeness (QED) is 0.559. The number of rotatable bonds is 7. The minimum atomic E-state index is -0.588. The zero-order valence-corrected chi connectivity index (χ0v) is 18.2. The van der Waals surface area contributed by atoms with Gasteiger partial charge < -0.3 is 9.64 Å². The summed E-state index contributed by atoms with van der Waals surface area (Å²) in [5.74, 6) is -0.669. The van der Waals surface area contributed by atoms with E-state index in [0.29, 0.717) is 18.3 Å².